The molecule has 0 atom stereocenters. The van der Waals surface area contributed by atoms with Crippen LogP contribution in [-0.2, 0) is 5.88 Å². The molecule has 0 radical (unpaired) electrons. The first-order valence-corrected chi connectivity index (χ1v) is 4.41. The lowest BCUT2D eigenvalue weighted by molar-refractivity contribution is 0.391. The monoisotopic (exact) mass is 211 g/mol. The minimum Gasteiger partial charge on any atom is -0.338 e. The van der Waals surface area contributed by atoms with E-state index in [1.54, 1.807) is 6.07 Å². The predicted molar refractivity (Wildman–Crippen MR) is 49.9 cm³/mol. The van der Waals surface area contributed by atoms with E-state index in [1.807, 2.05) is 0 Å². The standard InChI is InChI=1S/C8H6ClN3O2/c9-4-7-11-8(12-14-7)5-1-2-10-6(13)3-5/h1-3H,4H2,(H,10,13). The molecule has 1 N–H and O–H groups in total. The Labute approximate surface area is 83.7 Å². The van der Waals surface area contributed by atoms with Gasteiger partial charge in [-0.2, -0.15) is 4.98 Å². The smallest absolute Gasteiger partial charge is 0.248 e. The number of nitrogens with one attached hydrogen (secondary N) is 1. The van der Waals surface area contributed by atoms with Gasteiger partial charge < -0.3 is 9.51 Å². The molecule has 0 spiro atoms. The summed E-state index contributed by atoms with van der Waals surface area (Å²) in [5.41, 5.74) is 0.397. The summed E-state index contributed by atoms with van der Waals surface area (Å²) >= 11 is 5.49. The highest BCUT2D eigenvalue weighted by atomic mass is 35.5. The molecule has 0 aliphatic heterocycles. The maximum atomic E-state index is 11.0. The zero-order chi connectivity index (χ0) is 9.97. The quantitative estimate of drug-likeness (QED) is 0.757. The number of alkyl halides is 1. The molecule has 0 aliphatic carbocycles. The number of hydrogen-bond acceptors (Lipinski definition) is 4. The lowest BCUT2D eigenvalue weighted by atomic mass is 10.2. The van der Waals surface area contributed by atoms with Crippen molar-refractivity contribution < 1.29 is 4.52 Å². The van der Waals surface area contributed by atoms with Gasteiger partial charge in [0.1, 0.15) is 5.88 Å². The molecule has 2 aromatic heterocycles. The van der Waals surface area contributed by atoms with Crippen molar-refractivity contribution in [3.8, 4) is 11.4 Å². The van der Waals surface area contributed by atoms with Gasteiger partial charge in [-0.15, -0.1) is 11.6 Å². The Balaban J connectivity index is 2.44. The van der Waals surface area contributed by atoms with E-state index in [0.29, 0.717) is 17.3 Å². The number of aromatic amines is 1. The largest absolute Gasteiger partial charge is 0.338 e. The van der Waals surface area contributed by atoms with Gasteiger partial charge in [-0.05, 0) is 6.07 Å². The molecule has 0 aromatic carbocycles. The number of aromatic nitrogens is 3. The molecule has 0 bridgehead atoms. The summed E-state index contributed by atoms with van der Waals surface area (Å²) in [4.78, 5) is 17.4. The Morgan fingerprint density at radius 2 is 2.43 bits per heavy atom. The molecular formula is C8H6ClN3O2. The average Bonchev–Trinajstić information content (AvgIpc) is 2.66. The topological polar surface area (TPSA) is 71.8 Å². The van der Waals surface area contributed by atoms with E-state index in [1.165, 1.54) is 12.3 Å². The number of pyridine rings is 1. The molecular weight excluding hydrogens is 206 g/mol. The maximum Gasteiger partial charge on any atom is 0.248 e. The minimum absolute atomic E-state index is 0.163. The third kappa shape index (κ3) is 1.67. The molecule has 2 heterocycles. The third-order valence-electron chi connectivity index (χ3n) is 1.62. The van der Waals surface area contributed by atoms with Gasteiger partial charge in [0.05, 0.1) is 0 Å². The Kier molecular flexibility index (Phi) is 2.32. The summed E-state index contributed by atoms with van der Waals surface area (Å²) < 4.78 is 4.80. The molecule has 5 nitrogen and oxygen atoms in total. The second-order valence-corrected chi connectivity index (χ2v) is 2.85. The average molecular weight is 212 g/mol. The van der Waals surface area contributed by atoms with Crippen LogP contribution in [0.2, 0.25) is 0 Å². The van der Waals surface area contributed by atoms with Crippen LogP contribution < -0.4 is 5.56 Å². The Hall–Kier alpha value is -1.62. The predicted octanol–water partition coefficient (Wildman–Crippen LogP) is 1.16. The van der Waals surface area contributed by atoms with Gasteiger partial charge in [0.15, 0.2) is 0 Å². The second-order valence-electron chi connectivity index (χ2n) is 2.59. The van der Waals surface area contributed by atoms with E-state index in [0.717, 1.165) is 0 Å². The first kappa shape index (κ1) is 8.96. The summed E-state index contributed by atoms with van der Waals surface area (Å²) in [6, 6.07) is 3.08. The van der Waals surface area contributed by atoms with E-state index in [-0.39, 0.29) is 11.4 Å². The minimum atomic E-state index is -0.209. The zero-order valence-electron chi connectivity index (χ0n) is 7.03. The van der Waals surface area contributed by atoms with Gasteiger partial charge in [0.2, 0.25) is 17.3 Å². The fourth-order valence-corrected chi connectivity index (χ4v) is 1.12. The molecule has 2 rings (SSSR count). The molecule has 72 valence electrons. The normalized spacial score (nSPS) is 10.4. The lowest BCUT2D eigenvalue weighted by Gasteiger charge is -1.89. The first-order chi connectivity index (χ1) is 6.79. The molecule has 0 unspecified atom stereocenters. The van der Waals surface area contributed by atoms with Crippen LogP contribution in [0.15, 0.2) is 27.6 Å². The number of hydrogen-bond donors (Lipinski definition) is 1. The van der Waals surface area contributed by atoms with Crippen molar-refractivity contribution >= 4 is 11.6 Å². The van der Waals surface area contributed by atoms with Crippen LogP contribution in [0.4, 0.5) is 0 Å². The molecule has 0 aliphatic rings. The Morgan fingerprint density at radius 1 is 1.57 bits per heavy atom. The summed E-state index contributed by atoms with van der Waals surface area (Å²) in [7, 11) is 0. The molecule has 14 heavy (non-hydrogen) atoms. The van der Waals surface area contributed by atoms with E-state index in [9.17, 15) is 4.79 Å². The highest BCUT2D eigenvalue weighted by Crippen LogP contribution is 2.13. The van der Waals surface area contributed by atoms with E-state index >= 15 is 0 Å². The van der Waals surface area contributed by atoms with Crippen LogP contribution in [0.1, 0.15) is 5.89 Å². The van der Waals surface area contributed by atoms with Crippen LogP contribution in [0.25, 0.3) is 11.4 Å². The second kappa shape index (κ2) is 3.63. The van der Waals surface area contributed by atoms with E-state index in [2.05, 4.69) is 15.1 Å². The van der Waals surface area contributed by atoms with Gasteiger partial charge in [0, 0.05) is 17.8 Å². The van der Waals surface area contributed by atoms with Gasteiger partial charge >= 0.3 is 0 Å². The highest BCUT2D eigenvalue weighted by molar-refractivity contribution is 6.16. The fourth-order valence-electron chi connectivity index (χ4n) is 1.01. The van der Waals surface area contributed by atoms with Crippen molar-refractivity contribution in [3.05, 3.63) is 34.6 Å². The van der Waals surface area contributed by atoms with Crippen LogP contribution >= 0.6 is 11.6 Å². The van der Waals surface area contributed by atoms with Crippen LogP contribution in [0, 0.1) is 0 Å². The number of rotatable bonds is 2. The zero-order valence-corrected chi connectivity index (χ0v) is 7.78. The molecule has 0 saturated carbocycles. The van der Waals surface area contributed by atoms with Crippen LogP contribution in [0.5, 0.6) is 0 Å². The third-order valence-corrected chi connectivity index (χ3v) is 1.84. The maximum absolute atomic E-state index is 11.0. The number of nitrogens with zero attached hydrogens (tertiary/aromatic N) is 2. The molecule has 0 fully saturated rings. The van der Waals surface area contributed by atoms with Crippen molar-refractivity contribution in [2.24, 2.45) is 0 Å². The molecule has 6 heteroatoms. The van der Waals surface area contributed by atoms with Crippen LogP contribution in [0.3, 0.4) is 0 Å². The van der Waals surface area contributed by atoms with Gasteiger partial charge in [-0.1, -0.05) is 5.16 Å². The van der Waals surface area contributed by atoms with Gasteiger partial charge in [-0.3, -0.25) is 4.79 Å². The fraction of sp³-hybridized carbons (Fsp3) is 0.125. The van der Waals surface area contributed by atoms with Crippen molar-refractivity contribution in [2.45, 2.75) is 5.88 Å². The number of H-pyrrole nitrogens is 1. The van der Waals surface area contributed by atoms with Crippen molar-refractivity contribution in [3.63, 3.8) is 0 Å². The number of halogens is 1. The summed E-state index contributed by atoms with van der Waals surface area (Å²) in [6.45, 7) is 0. The SMILES string of the molecule is O=c1cc(-c2noc(CCl)n2)cc[nH]1. The molecule has 0 amide bonds. The van der Waals surface area contributed by atoms with E-state index in [4.69, 9.17) is 16.1 Å². The Bertz CT molecular complexity index is 491. The van der Waals surface area contributed by atoms with Gasteiger partial charge in [0.25, 0.3) is 0 Å². The Morgan fingerprint density at radius 3 is 3.07 bits per heavy atom. The summed E-state index contributed by atoms with van der Waals surface area (Å²) in [6.07, 6.45) is 1.52. The lowest BCUT2D eigenvalue weighted by Crippen LogP contribution is -2.02. The molecule has 0 saturated heterocycles. The van der Waals surface area contributed by atoms with Crippen molar-refractivity contribution in [1.29, 1.82) is 0 Å². The first-order valence-electron chi connectivity index (χ1n) is 3.87. The van der Waals surface area contributed by atoms with E-state index < -0.39 is 0 Å². The highest BCUT2D eigenvalue weighted by Gasteiger charge is 2.07. The summed E-state index contributed by atoms with van der Waals surface area (Å²) in [5.74, 6) is 0.865. The summed E-state index contributed by atoms with van der Waals surface area (Å²) in [5, 5.41) is 3.68. The van der Waals surface area contributed by atoms with Gasteiger partial charge in [-0.25, -0.2) is 0 Å². The molecule has 2 aromatic rings. The van der Waals surface area contributed by atoms with Crippen molar-refractivity contribution in [2.75, 3.05) is 0 Å². The van der Waals surface area contributed by atoms with Crippen molar-refractivity contribution in [1.82, 2.24) is 15.1 Å². The van der Waals surface area contributed by atoms with Crippen LogP contribution in [-0.4, -0.2) is 15.1 Å².